The summed E-state index contributed by atoms with van der Waals surface area (Å²) >= 11 is 0. The van der Waals surface area contributed by atoms with Crippen molar-refractivity contribution >= 4 is 11.6 Å². The summed E-state index contributed by atoms with van der Waals surface area (Å²) in [5.41, 5.74) is 0.928. The van der Waals surface area contributed by atoms with Gasteiger partial charge >= 0.3 is 0 Å². The number of rotatable bonds is 2. The smallest absolute Gasteiger partial charge is 0.270 e. The quantitative estimate of drug-likeness (QED) is 0.868. The van der Waals surface area contributed by atoms with E-state index in [0.29, 0.717) is 12.2 Å². The second-order valence-electron chi connectivity index (χ2n) is 5.33. The number of benzene rings is 1. The third-order valence-electron chi connectivity index (χ3n) is 3.10. The van der Waals surface area contributed by atoms with Crippen molar-refractivity contribution in [1.82, 2.24) is 0 Å². The highest BCUT2D eigenvalue weighted by Crippen LogP contribution is 2.37. The molecule has 1 aromatic rings. The first-order valence-corrected chi connectivity index (χ1v) is 6.09. The molecule has 0 saturated carbocycles. The number of fused-ring (bicyclic) bond motifs is 1. The van der Waals surface area contributed by atoms with Crippen LogP contribution < -0.4 is 9.64 Å². The van der Waals surface area contributed by atoms with Crippen molar-refractivity contribution in [3.63, 3.8) is 0 Å². The highest BCUT2D eigenvalue weighted by Gasteiger charge is 2.39. The van der Waals surface area contributed by atoms with Crippen LogP contribution in [0, 0.1) is 0 Å². The van der Waals surface area contributed by atoms with Gasteiger partial charge in [-0.15, -0.1) is 0 Å². The number of aliphatic hydroxyl groups is 1. The molecule has 1 unspecified atom stereocenters. The monoisotopic (exact) mass is 249 g/mol. The first kappa shape index (κ1) is 12.9. The van der Waals surface area contributed by atoms with E-state index >= 15 is 0 Å². The molecule has 4 nitrogen and oxygen atoms in total. The van der Waals surface area contributed by atoms with Crippen molar-refractivity contribution in [2.45, 2.75) is 38.9 Å². The summed E-state index contributed by atoms with van der Waals surface area (Å²) in [7, 11) is 1.75. The lowest BCUT2D eigenvalue weighted by Crippen LogP contribution is -2.50. The Bertz CT molecular complexity index is 480. The number of carbonyl (C=O) groups is 1. The Balaban J connectivity index is 2.39. The molecule has 0 spiro atoms. The van der Waals surface area contributed by atoms with Gasteiger partial charge in [0.1, 0.15) is 5.75 Å². The number of nitrogens with zero attached hydrogens (tertiary/aromatic N) is 1. The zero-order valence-electron chi connectivity index (χ0n) is 11.2. The Labute approximate surface area is 107 Å². The molecule has 4 heteroatoms. The molecule has 1 atom stereocenters. The molecule has 1 aliphatic heterocycles. The van der Waals surface area contributed by atoms with Crippen molar-refractivity contribution < 1.29 is 14.6 Å². The van der Waals surface area contributed by atoms with E-state index in [1.807, 2.05) is 18.2 Å². The number of hydrogen-bond donors (Lipinski definition) is 1. The van der Waals surface area contributed by atoms with Gasteiger partial charge in [0.05, 0.1) is 11.8 Å². The summed E-state index contributed by atoms with van der Waals surface area (Å²) < 4.78 is 5.71. The van der Waals surface area contributed by atoms with Crippen molar-refractivity contribution in [3.8, 4) is 5.75 Å². The van der Waals surface area contributed by atoms with Crippen LogP contribution in [-0.4, -0.2) is 29.8 Å². The van der Waals surface area contributed by atoms with E-state index in [4.69, 9.17) is 4.74 Å². The van der Waals surface area contributed by atoms with Gasteiger partial charge in [0, 0.05) is 7.05 Å². The number of hydrogen-bond acceptors (Lipinski definition) is 3. The number of carbonyl (C=O) groups excluding carboxylic acids is 1. The second-order valence-corrected chi connectivity index (χ2v) is 5.33. The Morgan fingerprint density at radius 2 is 2.11 bits per heavy atom. The fourth-order valence-corrected chi connectivity index (χ4v) is 2.21. The molecule has 18 heavy (non-hydrogen) atoms. The first-order valence-electron chi connectivity index (χ1n) is 6.09. The minimum absolute atomic E-state index is 0.0656. The third-order valence-corrected chi connectivity index (χ3v) is 3.10. The lowest BCUT2D eigenvalue weighted by Gasteiger charge is -2.37. The topological polar surface area (TPSA) is 49.8 Å². The molecule has 0 bridgehead atoms. The summed E-state index contributed by atoms with van der Waals surface area (Å²) in [5.74, 6) is 0.639. The van der Waals surface area contributed by atoms with Crippen molar-refractivity contribution in [1.29, 1.82) is 0 Å². The lowest BCUT2D eigenvalue weighted by atomic mass is 10.0. The lowest BCUT2D eigenvalue weighted by molar-refractivity contribution is -0.132. The van der Waals surface area contributed by atoms with Crippen molar-refractivity contribution in [2.24, 2.45) is 0 Å². The van der Waals surface area contributed by atoms with Crippen LogP contribution in [0.15, 0.2) is 18.2 Å². The minimum Gasteiger partial charge on any atom is -0.476 e. The molecule has 0 aliphatic carbocycles. The molecule has 0 fully saturated rings. The number of amides is 1. The maximum Gasteiger partial charge on any atom is 0.270 e. The fraction of sp³-hybridized carbons (Fsp3) is 0.500. The highest BCUT2D eigenvalue weighted by molar-refractivity contribution is 6.01. The maximum atomic E-state index is 12.1. The molecule has 1 aliphatic rings. The fourth-order valence-electron chi connectivity index (χ4n) is 2.21. The predicted octanol–water partition coefficient (Wildman–Crippen LogP) is 1.74. The van der Waals surface area contributed by atoms with Crippen LogP contribution in [0.2, 0.25) is 0 Å². The Morgan fingerprint density at radius 3 is 2.72 bits per heavy atom. The van der Waals surface area contributed by atoms with Crippen LogP contribution in [0.5, 0.6) is 5.75 Å². The summed E-state index contributed by atoms with van der Waals surface area (Å²) in [4.78, 5) is 13.7. The highest BCUT2D eigenvalue weighted by atomic mass is 16.5. The van der Waals surface area contributed by atoms with Gasteiger partial charge in [0.25, 0.3) is 5.91 Å². The normalized spacial score (nSPS) is 19.2. The Morgan fingerprint density at radius 1 is 1.44 bits per heavy atom. The SMILES string of the molecule is CC(O)Cc1ccc2c(c1)N(C)C(=O)C(C)(C)O2. The number of ether oxygens (including phenoxy) is 1. The van der Waals surface area contributed by atoms with Crippen molar-refractivity contribution in [3.05, 3.63) is 23.8 Å². The molecule has 1 aromatic carbocycles. The molecular formula is C14H19NO3. The van der Waals surface area contributed by atoms with Crippen LogP contribution >= 0.6 is 0 Å². The van der Waals surface area contributed by atoms with Gasteiger partial charge in [0.15, 0.2) is 5.60 Å². The molecule has 2 rings (SSSR count). The number of likely N-dealkylation sites (N-methyl/N-ethyl adjacent to an activating group) is 1. The summed E-state index contributed by atoms with van der Waals surface area (Å²) in [5, 5.41) is 9.40. The third kappa shape index (κ3) is 2.20. The maximum absolute atomic E-state index is 12.1. The number of aliphatic hydroxyl groups excluding tert-OH is 1. The van der Waals surface area contributed by atoms with Gasteiger partial charge in [-0.25, -0.2) is 0 Å². The van der Waals surface area contributed by atoms with E-state index in [1.165, 1.54) is 0 Å². The summed E-state index contributed by atoms with van der Waals surface area (Å²) in [6, 6.07) is 5.68. The average molecular weight is 249 g/mol. The van der Waals surface area contributed by atoms with Crippen LogP contribution in [0.3, 0.4) is 0 Å². The molecular weight excluding hydrogens is 230 g/mol. The van der Waals surface area contributed by atoms with Crippen LogP contribution in [-0.2, 0) is 11.2 Å². The zero-order valence-corrected chi connectivity index (χ0v) is 11.2. The zero-order chi connectivity index (χ0) is 13.5. The minimum atomic E-state index is -0.826. The van der Waals surface area contributed by atoms with E-state index in [1.54, 1.807) is 32.7 Å². The largest absolute Gasteiger partial charge is 0.476 e. The van der Waals surface area contributed by atoms with Crippen LogP contribution in [0.4, 0.5) is 5.69 Å². The van der Waals surface area contributed by atoms with E-state index in [2.05, 4.69) is 0 Å². The molecule has 98 valence electrons. The van der Waals surface area contributed by atoms with Gasteiger partial charge in [-0.3, -0.25) is 4.79 Å². The van der Waals surface area contributed by atoms with E-state index in [0.717, 1.165) is 11.3 Å². The van der Waals surface area contributed by atoms with Gasteiger partial charge < -0.3 is 14.7 Å². The van der Waals surface area contributed by atoms with Crippen LogP contribution in [0.1, 0.15) is 26.3 Å². The van der Waals surface area contributed by atoms with E-state index in [9.17, 15) is 9.90 Å². The van der Waals surface area contributed by atoms with E-state index < -0.39 is 11.7 Å². The Kier molecular flexibility index (Phi) is 3.07. The molecule has 1 amide bonds. The Hall–Kier alpha value is -1.55. The van der Waals surface area contributed by atoms with Gasteiger partial charge in [-0.1, -0.05) is 6.07 Å². The summed E-state index contributed by atoms with van der Waals surface area (Å²) in [6.07, 6.45) is 0.170. The second kappa shape index (κ2) is 4.28. The van der Waals surface area contributed by atoms with Gasteiger partial charge in [0.2, 0.25) is 0 Å². The number of anilines is 1. The molecule has 0 aromatic heterocycles. The van der Waals surface area contributed by atoms with Crippen LogP contribution in [0.25, 0.3) is 0 Å². The average Bonchev–Trinajstić information content (AvgIpc) is 2.26. The molecule has 0 saturated heterocycles. The molecule has 1 N–H and O–H groups in total. The molecule has 0 radical (unpaired) electrons. The first-order chi connectivity index (χ1) is 8.31. The van der Waals surface area contributed by atoms with Gasteiger partial charge in [-0.05, 0) is 44.9 Å². The summed E-state index contributed by atoms with van der Waals surface area (Å²) in [6.45, 7) is 5.27. The molecule has 1 heterocycles. The van der Waals surface area contributed by atoms with Crippen molar-refractivity contribution in [2.75, 3.05) is 11.9 Å². The standard InChI is InChI=1S/C14H19NO3/c1-9(16)7-10-5-6-12-11(8-10)15(4)13(17)14(2,3)18-12/h5-6,8-9,16H,7H2,1-4H3. The predicted molar refractivity (Wildman–Crippen MR) is 69.9 cm³/mol. The van der Waals surface area contributed by atoms with E-state index in [-0.39, 0.29) is 5.91 Å². The van der Waals surface area contributed by atoms with Gasteiger partial charge in [-0.2, -0.15) is 0 Å².